The first-order chi connectivity index (χ1) is 13.3. The van der Waals surface area contributed by atoms with Crippen molar-refractivity contribution >= 4 is 17.5 Å². The molecule has 1 unspecified atom stereocenters. The minimum Gasteiger partial charge on any atom is -0.345 e. The van der Waals surface area contributed by atoms with E-state index >= 15 is 0 Å². The van der Waals surface area contributed by atoms with Crippen molar-refractivity contribution < 1.29 is 4.79 Å². The highest BCUT2D eigenvalue weighted by molar-refractivity contribution is 6.31. The monoisotopic (exact) mass is 399 g/mol. The highest BCUT2D eigenvalue weighted by Crippen LogP contribution is 2.21. The minimum atomic E-state index is -0.119. The summed E-state index contributed by atoms with van der Waals surface area (Å²) in [6, 6.07) is 7.48. The SMILES string of the molecule is CCn1ncc(C(C)NC(=O)c2cccc(Cn3nc(C)c(Cl)c3C)c2)c1C. The largest absolute Gasteiger partial charge is 0.345 e. The molecule has 0 saturated carbocycles. The molecular weight excluding hydrogens is 374 g/mol. The number of nitrogens with zero attached hydrogens (tertiary/aromatic N) is 4. The highest BCUT2D eigenvalue weighted by Gasteiger charge is 2.17. The number of aromatic nitrogens is 4. The van der Waals surface area contributed by atoms with Gasteiger partial charge in [0.2, 0.25) is 0 Å². The third kappa shape index (κ3) is 3.97. The van der Waals surface area contributed by atoms with Crippen LogP contribution in [0, 0.1) is 20.8 Å². The molecule has 1 aromatic carbocycles. The second-order valence-corrected chi connectivity index (χ2v) is 7.42. The summed E-state index contributed by atoms with van der Waals surface area (Å²) in [5.41, 5.74) is 5.46. The smallest absolute Gasteiger partial charge is 0.251 e. The molecule has 0 spiro atoms. The summed E-state index contributed by atoms with van der Waals surface area (Å²) in [4.78, 5) is 12.8. The number of carbonyl (C=O) groups is 1. The minimum absolute atomic E-state index is 0.107. The molecule has 1 amide bonds. The van der Waals surface area contributed by atoms with Crippen molar-refractivity contribution in [3.8, 4) is 0 Å². The number of hydrogen-bond acceptors (Lipinski definition) is 3. The normalized spacial score (nSPS) is 12.2. The van der Waals surface area contributed by atoms with Gasteiger partial charge < -0.3 is 5.32 Å². The third-order valence-electron chi connectivity index (χ3n) is 5.07. The Labute approximate surface area is 170 Å². The number of hydrogen-bond donors (Lipinski definition) is 1. The quantitative estimate of drug-likeness (QED) is 0.675. The van der Waals surface area contributed by atoms with E-state index in [-0.39, 0.29) is 11.9 Å². The van der Waals surface area contributed by atoms with E-state index in [4.69, 9.17) is 11.6 Å². The van der Waals surface area contributed by atoms with Crippen LogP contribution in [0.25, 0.3) is 0 Å². The molecule has 0 bridgehead atoms. The van der Waals surface area contributed by atoms with E-state index in [9.17, 15) is 4.79 Å². The first kappa shape index (κ1) is 20.1. The lowest BCUT2D eigenvalue weighted by atomic mass is 10.1. The molecular formula is C21H26ClN5O. The van der Waals surface area contributed by atoms with Crippen molar-refractivity contribution in [3.05, 3.63) is 69.3 Å². The lowest BCUT2D eigenvalue weighted by Gasteiger charge is -2.14. The summed E-state index contributed by atoms with van der Waals surface area (Å²) in [5, 5.41) is 12.6. The standard InChI is InChI=1S/C21H26ClN5O/c1-6-26-15(4)19(11-23-26)13(2)24-21(28)18-9-7-8-17(10-18)12-27-16(5)20(22)14(3)25-27/h7-11,13H,6,12H2,1-5H3,(H,24,28). The molecule has 0 aliphatic carbocycles. The average molecular weight is 400 g/mol. The summed E-state index contributed by atoms with van der Waals surface area (Å²) in [7, 11) is 0. The summed E-state index contributed by atoms with van der Waals surface area (Å²) < 4.78 is 3.79. The Morgan fingerprint density at radius 2 is 1.96 bits per heavy atom. The fourth-order valence-electron chi connectivity index (χ4n) is 3.38. The number of benzene rings is 1. The van der Waals surface area contributed by atoms with E-state index in [1.165, 1.54) is 0 Å². The van der Waals surface area contributed by atoms with E-state index in [0.717, 1.165) is 34.8 Å². The van der Waals surface area contributed by atoms with Crippen LogP contribution < -0.4 is 5.32 Å². The fraction of sp³-hybridized carbons (Fsp3) is 0.381. The van der Waals surface area contributed by atoms with Gasteiger partial charge in [-0.3, -0.25) is 14.2 Å². The Morgan fingerprint density at radius 3 is 2.57 bits per heavy atom. The number of carbonyl (C=O) groups excluding carboxylic acids is 1. The lowest BCUT2D eigenvalue weighted by molar-refractivity contribution is 0.0939. The van der Waals surface area contributed by atoms with Gasteiger partial charge in [0.15, 0.2) is 0 Å². The van der Waals surface area contributed by atoms with Gasteiger partial charge >= 0.3 is 0 Å². The molecule has 0 aliphatic heterocycles. The second-order valence-electron chi connectivity index (χ2n) is 7.04. The molecule has 6 nitrogen and oxygen atoms in total. The Hall–Kier alpha value is -2.60. The molecule has 3 rings (SSSR count). The van der Waals surface area contributed by atoms with Crippen molar-refractivity contribution in [1.82, 2.24) is 24.9 Å². The van der Waals surface area contributed by atoms with Crippen LogP contribution in [-0.4, -0.2) is 25.5 Å². The predicted octanol–water partition coefficient (Wildman–Crippen LogP) is 4.22. The number of nitrogens with one attached hydrogen (secondary N) is 1. The molecule has 148 valence electrons. The molecule has 0 radical (unpaired) electrons. The van der Waals surface area contributed by atoms with Crippen molar-refractivity contribution in [2.45, 2.75) is 53.8 Å². The van der Waals surface area contributed by atoms with Gasteiger partial charge in [0.1, 0.15) is 0 Å². The van der Waals surface area contributed by atoms with Gasteiger partial charge in [-0.05, 0) is 52.3 Å². The lowest BCUT2D eigenvalue weighted by Crippen LogP contribution is -2.27. The molecule has 3 aromatic rings. The van der Waals surface area contributed by atoms with Crippen LogP contribution in [0.3, 0.4) is 0 Å². The van der Waals surface area contributed by atoms with Crippen LogP contribution in [0.2, 0.25) is 5.02 Å². The number of amides is 1. The van der Waals surface area contributed by atoms with Gasteiger partial charge in [0, 0.05) is 23.4 Å². The Balaban J connectivity index is 1.74. The molecule has 28 heavy (non-hydrogen) atoms. The van der Waals surface area contributed by atoms with Crippen LogP contribution >= 0.6 is 11.6 Å². The topological polar surface area (TPSA) is 64.7 Å². The Morgan fingerprint density at radius 1 is 1.21 bits per heavy atom. The first-order valence-corrected chi connectivity index (χ1v) is 9.81. The van der Waals surface area contributed by atoms with Crippen LogP contribution in [0.15, 0.2) is 30.5 Å². The van der Waals surface area contributed by atoms with Crippen molar-refractivity contribution in [2.75, 3.05) is 0 Å². The van der Waals surface area contributed by atoms with Crippen LogP contribution in [-0.2, 0) is 13.1 Å². The average Bonchev–Trinajstić information content (AvgIpc) is 3.16. The number of halogens is 1. The van der Waals surface area contributed by atoms with Gasteiger partial charge in [-0.2, -0.15) is 10.2 Å². The molecule has 1 atom stereocenters. The zero-order valence-corrected chi connectivity index (χ0v) is 17.7. The molecule has 2 aromatic heterocycles. The van der Waals surface area contributed by atoms with E-state index < -0.39 is 0 Å². The summed E-state index contributed by atoms with van der Waals surface area (Å²) in [6.45, 7) is 11.3. The van der Waals surface area contributed by atoms with E-state index in [1.807, 2.05) is 67.5 Å². The zero-order valence-electron chi connectivity index (χ0n) is 17.0. The molecule has 7 heteroatoms. The van der Waals surface area contributed by atoms with Gasteiger partial charge in [0.05, 0.1) is 35.2 Å². The zero-order chi connectivity index (χ0) is 20.4. The number of rotatable bonds is 6. The van der Waals surface area contributed by atoms with Crippen molar-refractivity contribution in [1.29, 1.82) is 0 Å². The number of aryl methyl sites for hydroxylation is 2. The molecule has 2 heterocycles. The maximum absolute atomic E-state index is 12.8. The second kappa shape index (κ2) is 8.19. The van der Waals surface area contributed by atoms with Crippen LogP contribution in [0.1, 0.15) is 58.5 Å². The molecule has 0 fully saturated rings. The van der Waals surface area contributed by atoms with Gasteiger partial charge in [0.25, 0.3) is 5.91 Å². The maximum atomic E-state index is 12.8. The van der Waals surface area contributed by atoms with Crippen molar-refractivity contribution in [2.24, 2.45) is 0 Å². The van der Waals surface area contributed by atoms with Crippen LogP contribution in [0.5, 0.6) is 0 Å². The molecule has 1 N–H and O–H groups in total. The van der Waals surface area contributed by atoms with Gasteiger partial charge in [-0.25, -0.2) is 0 Å². The Kier molecular flexibility index (Phi) is 5.89. The molecule has 0 aliphatic rings. The third-order valence-corrected chi connectivity index (χ3v) is 5.62. The summed E-state index contributed by atoms with van der Waals surface area (Å²) >= 11 is 6.23. The molecule has 0 saturated heterocycles. The fourth-order valence-corrected chi connectivity index (χ4v) is 3.51. The highest BCUT2D eigenvalue weighted by atomic mass is 35.5. The predicted molar refractivity (Wildman–Crippen MR) is 111 cm³/mol. The first-order valence-electron chi connectivity index (χ1n) is 9.43. The van der Waals surface area contributed by atoms with E-state index in [2.05, 4.69) is 22.4 Å². The van der Waals surface area contributed by atoms with Crippen molar-refractivity contribution in [3.63, 3.8) is 0 Å². The van der Waals surface area contributed by atoms with Crippen LogP contribution in [0.4, 0.5) is 0 Å². The maximum Gasteiger partial charge on any atom is 0.251 e. The summed E-state index contributed by atoms with van der Waals surface area (Å²) in [5.74, 6) is -0.107. The Bertz CT molecular complexity index is 1000. The summed E-state index contributed by atoms with van der Waals surface area (Å²) in [6.07, 6.45) is 1.83. The van der Waals surface area contributed by atoms with Gasteiger partial charge in [-0.15, -0.1) is 0 Å². The van der Waals surface area contributed by atoms with E-state index in [1.54, 1.807) is 0 Å². The van der Waals surface area contributed by atoms with E-state index in [0.29, 0.717) is 17.1 Å². The van der Waals surface area contributed by atoms with Gasteiger partial charge in [-0.1, -0.05) is 23.7 Å².